The zero-order valence-electron chi connectivity index (χ0n) is 7.84. The summed E-state index contributed by atoms with van der Waals surface area (Å²) in [5, 5.41) is 0. The first-order chi connectivity index (χ1) is 5.24. The van der Waals surface area contributed by atoms with Gasteiger partial charge >= 0.3 is 5.71 Å². The van der Waals surface area contributed by atoms with Crippen molar-refractivity contribution in [2.45, 2.75) is 6.04 Å². The van der Waals surface area contributed by atoms with Crippen LogP contribution in [-0.2, 0) is 19.5 Å². The molecule has 0 unspecified atom stereocenters. The fourth-order valence-corrected chi connectivity index (χ4v) is 0.925. The van der Waals surface area contributed by atoms with Crippen molar-refractivity contribution in [1.82, 2.24) is 4.90 Å². The summed E-state index contributed by atoms with van der Waals surface area (Å²) in [4.78, 5) is 5.14. The predicted molar refractivity (Wildman–Crippen MR) is 51.6 cm³/mol. The van der Waals surface area contributed by atoms with Crippen molar-refractivity contribution in [1.29, 1.82) is 0 Å². The molecule has 1 rings (SSSR count). The van der Waals surface area contributed by atoms with Crippen LogP contribution in [0.25, 0.3) is 5.53 Å². The van der Waals surface area contributed by atoms with E-state index in [1.54, 1.807) is 12.2 Å². The van der Waals surface area contributed by atoms with Crippen LogP contribution in [0, 0.1) is 0 Å². The van der Waals surface area contributed by atoms with Crippen molar-refractivity contribution in [3.8, 4) is 0 Å². The number of nitrogens with zero attached hydrogens (tertiary/aromatic N) is 3. The van der Waals surface area contributed by atoms with Gasteiger partial charge in [0, 0.05) is 37.7 Å². The molecular formula is C8H12ClN3Zn. The second-order valence-corrected chi connectivity index (χ2v) is 2.70. The molecule has 0 fully saturated rings. The van der Waals surface area contributed by atoms with Gasteiger partial charge in [0.25, 0.3) is 0 Å². The summed E-state index contributed by atoms with van der Waals surface area (Å²) in [5.41, 5.74) is 8.99. The quantitative estimate of drug-likeness (QED) is 0.391. The Kier molecular flexibility index (Phi) is 8.39. The molecule has 0 amide bonds. The molecule has 0 heterocycles. The maximum atomic E-state index is 8.39. The number of likely N-dealkylation sites (N-methyl/N-ethyl adjacent to an activating group) is 1. The van der Waals surface area contributed by atoms with Crippen LogP contribution in [0.15, 0.2) is 24.3 Å². The molecule has 1 aliphatic carbocycles. The molecule has 0 aliphatic heterocycles. The van der Waals surface area contributed by atoms with Gasteiger partial charge < -0.3 is 5.53 Å². The molecule has 68 valence electrons. The van der Waals surface area contributed by atoms with Crippen LogP contribution in [0.5, 0.6) is 0 Å². The molecule has 0 atom stereocenters. The minimum atomic E-state index is 0. The van der Waals surface area contributed by atoms with E-state index in [0.717, 1.165) is 0 Å². The van der Waals surface area contributed by atoms with E-state index in [4.69, 9.17) is 5.53 Å². The van der Waals surface area contributed by atoms with E-state index < -0.39 is 0 Å². The molecule has 5 heteroatoms. The Hall–Kier alpha value is -0.267. The van der Waals surface area contributed by atoms with Crippen molar-refractivity contribution < 1.29 is 24.3 Å². The Morgan fingerprint density at radius 3 is 2.08 bits per heavy atom. The molecule has 0 aromatic carbocycles. The van der Waals surface area contributed by atoms with Crippen molar-refractivity contribution in [2.24, 2.45) is 0 Å². The number of hydrogen-bond donors (Lipinski definition) is 0. The molecule has 13 heavy (non-hydrogen) atoms. The van der Waals surface area contributed by atoms with E-state index in [1.807, 2.05) is 26.2 Å². The minimum absolute atomic E-state index is 0. The van der Waals surface area contributed by atoms with Crippen LogP contribution in [0.2, 0.25) is 0 Å². The molecule has 0 saturated carbocycles. The smallest absolute Gasteiger partial charge is 0.314 e. The van der Waals surface area contributed by atoms with Gasteiger partial charge in [0.15, 0.2) is 0 Å². The van der Waals surface area contributed by atoms with E-state index in [0.29, 0.717) is 11.8 Å². The third-order valence-corrected chi connectivity index (χ3v) is 1.64. The second-order valence-electron chi connectivity index (χ2n) is 2.70. The molecule has 0 spiro atoms. The van der Waals surface area contributed by atoms with Gasteiger partial charge in [-0.25, -0.2) is 0 Å². The van der Waals surface area contributed by atoms with Crippen molar-refractivity contribution in [2.75, 3.05) is 14.1 Å². The average Bonchev–Trinajstić information content (AvgIpc) is 2.05. The first kappa shape index (κ1) is 15.2. The molecule has 0 radical (unpaired) electrons. The molecule has 0 saturated heterocycles. The fraction of sp³-hybridized carbons (Fsp3) is 0.375. The fourth-order valence-electron chi connectivity index (χ4n) is 0.925. The molecule has 0 N–H and O–H groups in total. The summed E-state index contributed by atoms with van der Waals surface area (Å²) in [7, 11) is 4.00. The molecule has 0 aromatic heterocycles. The van der Waals surface area contributed by atoms with Crippen molar-refractivity contribution in [3.05, 3.63) is 29.8 Å². The van der Waals surface area contributed by atoms with Gasteiger partial charge in [-0.1, -0.05) is 12.2 Å². The van der Waals surface area contributed by atoms with Gasteiger partial charge in [-0.05, 0) is 14.1 Å². The zero-order chi connectivity index (χ0) is 8.27. The first-order valence-electron chi connectivity index (χ1n) is 3.49. The summed E-state index contributed by atoms with van der Waals surface area (Å²) in [5.74, 6) is 0. The minimum Gasteiger partial charge on any atom is -0.361 e. The van der Waals surface area contributed by atoms with Crippen molar-refractivity contribution >= 4 is 18.1 Å². The monoisotopic (exact) mass is 249 g/mol. The Morgan fingerprint density at radius 1 is 1.31 bits per heavy atom. The number of allylic oxidation sites excluding steroid dienone is 2. The predicted octanol–water partition coefficient (Wildman–Crippen LogP) is 1.13. The summed E-state index contributed by atoms with van der Waals surface area (Å²) < 4.78 is 0. The van der Waals surface area contributed by atoms with E-state index in [2.05, 4.69) is 9.69 Å². The van der Waals surface area contributed by atoms with Crippen LogP contribution >= 0.6 is 12.4 Å². The third-order valence-electron chi connectivity index (χ3n) is 1.64. The van der Waals surface area contributed by atoms with Gasteiger partial charge in [-0.2, -0.15) is 4.79 Å². The molecule has 3 nitrogen and oxygen atoms in total. The Labute approximate surface area is 97.3 Å². The maximum Gasteiger partial charge on any atom is 0.314 e. The van der Waals surface area contributed by atoms with Gasteiger partial charge in [0.05, 0.1) is 0 Å². The van der Waals surface area contributed by atoms with Gasteiger partial charge in [0.2, 0.25) is 0 Å². The standard InChI is InChI=1S/C8H11N3.ClH.Zn/c1-11(2)8-5-3-7(10-9)4-6-8;;/h3-6,8H,1-2H3;1H;. The van der Waals surface area contributed by atoms with Gasteiger partial charge in [0.1, 0.15) is 0 Å². The largest absolute Gasteiger partial charge is 0.361 e. The van der Waals surface area contributed by atoms with E-state index in [9.17, 15) is 0 Å². The van der Waals surface area contributed by atoms with Crippen molar-refractivity contribution in [3.63, 3.8) is 0 Å². The van der Waals surface area contributed by atoms with Gasteiger partial charge in [-0.15, -0.1) is 12.4 Å². The Morgan fingerprint density at radius 2 is 1.77 bits per heavy atom. The molecule has 0 aromatic rings. The topological polar surface area (TPSA) is 39.6 Å². The van der Waals surface area contributed by atoms with Crippen LogP contribution in [0.1, 0.15) is 0 Å². The van der Waals surface area contributed by atoms with Gasteiger partial charge in [-0.3, -0.25) is 4.90 Å². The Bertz CT molecular complexity index is 238. The van der Waals surface area contributed by atoms with E-state index in [1.165, 1.54) is 0 Å². The van der Waals surface area contributed by atoms with Crippen LogP contribution < -0.4 is 0 Å². The maximum absolute atomic E-state index is 8.39. The Balaban J connectivity index is 0. The number of halogens is 1. The molecule has 1 aliphatic rings. The summed E-state index contributed by atoms with van der Waals surface area (Å²) in [6.45, 7) is 0. The SMILES string of the molecule is CN(C)C1C=CC(=[N+]=[N-])C=C1.Cl.[Zn]. The zero-order valence-corrected chi connectivity index (χ0v) is 11.6. The first-order valence-corrected chi connectivity index (χ1v) is 3.49. The summed E-state index contributed by atoms with van der Waals surface area (Å²) in [6.07, 6.45) is 7.56. The molecule has 0 bridgehead atoms. The summed E-state index contributed by atoms with van der Waals surface area (Å²) >= 11 is 0. The van der Waals surface area contributed by atoms with E-state index in [-0.39, 0.29) is 31.9 Å². The number of hydrogen-bond acceptors (Lipinski definition) is 1. The number of rotatable bonds is 1. The van der Waals surface area contributed by atoms with Crippen LogP contribution in [-0.4, -0.2) is 35.5 Å². The molecular weight excluding hydrogens is 239 g/mol. The average molecular weight is 251 g/mol. The van der Waals surface area contributed by atoms with Crippen LogP contribution in [0.3, 0.4) is 0 Å². The summed E-state index contributed by atoms with van der Waals surface area (Å²) in [6, 6.07) is 0.320. The van der Waals surface area contributed by atoms with Crippen LogP contribution in [0.4, 0.5) is 0 Å². The second kappa shape index (κ2) is 7.17. The van der Waals surface area contributed by atoms with E-state index >= 15 is 0 Å². The third kappa shape index (κ3) is 4.49. The normalized spacial score (nSPS) is 19.0.